The molecule has 0 aliphatic rings. The molecule has 0 spiro atoms. The first-order valence-electron chi connectivity index (χ1n) is 3.97. The van der Waals surface area contributed by atoms with Crippen LogP contribution in [-0.2, 0) is 0 Å². The van der Waals surface area contributed by atoms with Crippen molar-refractivity contribution in [1.82, 2.24) is 0 Å². The van der Waals surface area contributed by atoms with Crippen LogP contribution in [-0.4, -0.2) is 0 Å². The van der Waals surface area contributed by atoms with Gasteiger partial charge in [-0.25, -0.2) is 8.78 Å². The molecular weight excluding hydrogens is 190 g/mol. The van der Waals surface area contributed by atoms with Crippen LogP contribution in [0.1, 0.15) is 5.56 Å². The van der Waals surface area contributed by atoms with Gasteiger partial charge in [-0.3, -0.25) is 4.79 Å². The first-order chi connectivity index (χ1) is 6.61. The first kappa shape index (κ1) is 8.87. The zero-order chi connectivity index (χ0) is 10.3. The summed E-state index contributed by atoms with van der Waals surface area (Å²) in [6.45, 7) is 1.29. The smallest absolute Gasteiger partial charge is 0.192 e. The van der Waals surface area contributed by atoms with Crippen LogP contribution in [0.15, 0.2) is 27.6 Å². The number of halogens is 2. The molecule has 0 unspecified atom stereocenters. The van der Waals surface area contributed by atoms with Gasteiger partial charge < -0.3 is 4.42 Å². The van der Waals surface area contributed by atoms with Crippen LogP contribution in [0, 0.1) is 18.6 Å². The van der Waals surface area contributed by atoms with Crippen LogP contribution in [0.3, 0.4) is 0 Å². The normalized spacial score (nSPS) is 10.8. The molecule has 0 atom stereocenters. The average Bonchev–Trinajstić information content (AvgIpc) is 2.17. The standard InChI is InChI=1S/C10H6F2O2/c1-5-7(11)4-6-8(13)2-3-14-10(6)9(5)12/h2-4H,1H3. The van der Waals surface area contributed by atoms with E-state index in [1.807, 2.05) is 0 Å². The molecule has 0 bridgehead atoms. The van der Waals surface area contributed by atoms with Crippen molar-refractivity contribution < 1.29 is 13.2 Å². The van der Waals surface area contributed by atoms with E-state index in [0.717, 1.165) is 18.4 Å². The van der Waals surface area contributed by atoms with Crippen molar-refractivity contribution in [1.29, 1.82) is 0 Å². The maximum Gasteiger partial charge on any atom is 0.192 e. The van der Waals surface area contributed by atoms with Crippen molar-refractivity contribution in [3.05, 3.63) is 45.8 Å². The molecular formula is C10H6F2O2. The van der Waals surface area contributed by atoms with Gasteiger partial charge in [0, 0.05) is 11.6 Å². The Morgan fingerprint density at radius 1 is 1.36 bits per heavy atom. The second-order valence-electron chi connectivity index (χ2n) is 2.96. The lowest BCUT2D eigenvalue weighted by atomic mass is 10.1. The minimum atomic E-state index is -0.822. The van der Waals surface area contributed by atoms with Crippen molar-refractivity contribution in [2.24, 2.45) is 0 Å². The molecule has 0 N–H and O–H groups in total. The van der Waals surface area contributed by atoms with Crippen molar-refractivity contribution >= 4 is 11.0 Å². The van der Waals surface area contributed by atoms with Gasteiger partial charge >= 0.3 is 0 Å². The quantitative estimate of drug-likeness (QED) is 0.647. The van der Waals surface area contributed by atoms with Crippen molar-refractivity contribution in [3.8, 4) is 0 Å². The average molecular weight is 196 g/mol. The Morgan fingerprint density at radius 3 is 2.79 bits per heavy atom. The summed E-state index contributed by atoms with van der Waals surface area (Å²) >= 11 is 0. The maximum atomic E-state index is 13.4. The van der Waals surface area contributed by atoms with Crippen molar-refractivity contribution in [2.75, 3.05) is 0 Å². The Morgan fingerprint density at radius 2 is 2.07 bits per heavy atom. The summed E-state index contributed by atoms with van der Waals surface area (Å²) in [5, 5.41) is -0.0758. The minimum Gasteiger partial charge on any atom is -0.461 e. The highest BCUT2D eigenvalue weighted by Gasteiger charge is 2.13. The second kappa shape index (κ2) is 2.90. The van der Waals surface area contributed by atoms with Gasteiger partial charge in [-0.1, -0.05) is 0 Å². The fourth-order valence-corrected chi connectivity index (χ4v) is 1.25. The molecule has 1 heterocycles. The summed E-state index contributed by atoms with van der Waals surface area (Å²) in [4.78, 5) is 11.2. The van der Waals surface area contributed by atoms with Crippen LogP contribution in [0.5, 0.6) is 0 Å². The van der Waals surface area contributed by atoms with E-state index in [0.29, 0.717) is 0 Å². The molecule has 2 rings (SSSR count). The number of benzene rings is 1. The van der Waals surface area contributed by atoms with Crippen LogP contribution in [0.25, 0.3) is 11.0 Å². The molecule has 14 heavy (non-hydrogen) atoms. The summed E-state index contributed by atoms with van der Waals surface area (Å²) in [5.41, 5.74) is -0.799. The molecule has 0 saturated heterocycles. The topological polar surface area (TPSA) is 30.2 Å². The van der Waals surface area contributed by atoms with Crippen LogP contribution < -0.4 is 5.43 Å². The van der Waals surface area contributed by atoms with E-state index in [9.17, 15) is 13.6 Å². The van der Waals surface area contributed by atoms with Gasteiger partial charge in [0.05, 0.1) is 11.6 Å². The molecule has 2 aromatic rings. The van der Waals surface area contributed by atoms with Crippen molar-refractivity contribution in [2.45, 2.75) is 6.92 Å². The molecule has 0 saturated carbocycles. The van der Waals surface area contributed by atoms with E-state index in [2.05, 4.69) is 0 Å². The van der Waals surface area contributed by atoms with Gasteiger partial charge in [0.15, 0.2) is 16.8 Å². The number of hydrogen-bond acceptors (Lipinski definition) is 2. The summed E-state index contributed by atoms with van der Waals surface area (Å²) in [5.74, 6) is -1.56. The maximum absolute atomic E-state index is 13.4. The third kappa shape index (κ3) is 1.11. The van der Waals surface area contributed by atoms with Gasteiger partial charge in [-0.15, -0.1) is 0 Å². The minimum absolute atomic E-state index is 0.0758. The van der Waals surface area contributed by atoms with E-state index in [1.54, 1.807) is 0 Å². The monoisotopic (exact) mass is 196 g/mol. The Kier molecular flexibility index (Phi) is 1.84. The lowest BCUT2D eigenvalue weighted by Crippen LogP contribution is -2.02. The van der Waals surface area contributed by atoms with Crippen LogP contribution in [0.2, 0.25) is 0 Å². The molecule has 72 valence electrons. The SMILES string of the molecule is Cc1c(F)cc2c(=O)ccoc2c1F. The number of fused-ring (bicyclic) bond motifs is 1. The Bertz CT molecular complexity index is 558. The third-order valence-electron chi connectivity index (χ3n) is 2.07. The molecule has 0 fully saturated rings. The van der Waals surface area contributed by atoms with E-state index in [-0.39, 0.29) is 16.5 Å². The third-order valence-corrected chi connectivity index (χ3v) is 2.07. The number of rotatable bonds is 0. The van der Waals surface area contributed by atoms with Crippen LogP contribution in [0.4, 0.5) is 8.78 Å². The second-order valence-corrected chi connectivity index (χ2v) is 2.96. The predicted molar refractivity (Wildman–Crippen MR) is 47.1 cm³/mol. The van der Waals surface area contributed by atoms with Crippen LogP contribution >= 0.6 is 0 Å². The van der Waals surface area contributed by atoms with E-state index >= 15 is 0 Å². The molecule has 0 aliphatic heterocycles. The van der Waals surface area contributed by atoms with Crippen molar-refractivity contribution in [3.63, 3.8) is 0 Å². The Balaban J connectivity index is 3.06. The van der Waals surface area contributed by atoms with Gasteiger partial charge in [-0.05, 0) is 13.0 Å². The summed E-state index contributed by atoms with van der Waals surface area (Å²) in [6.07, 6.45) is 1.09. The Labute approximate surface area is 77.8 Å². The zero-order valence-corrected chi connectivity index (χ0v) is 7.30. The van der Waals surface area contributed by atoms with E-state index in [4.69, 9.17) is 4.42 Å². The fraction of sp³-hybridized carbons (Fsp3) is 0.100. The number of hydrogen-bond donors (Lipinski definition) is 0. The van der Waals surface area contributed by atoms with Gasteiger partial charge in [-0.2, -0.15) is 0 Å². The summed E-state index contributed by atoms with van der Waals surface area (Å²) < 4.78 is 31.3. The van der Waals surface area contributed by atoms with E-state index in [1.165, 1.54) is 6.92 Å². The molecule has 0 aliphatic carbocycles. The Hall–Kier alpha value is -1.71. The van der Waals surface area contributed by atoms with E-state index < -0.39 is 17.1 Å². The molecule has 1 aromatic carbocycles. The molecule has 1 aromatic heterocycles. The lowest BCUT2D eigenvalue weighted by molar-refractivity contribution is 0.530. The highest BCUT2D eigenvalue weighted by molar-refractivity contribution is 5.77. The zero-order valence-electron chi connectivity index (χ0n) is 7.30. The predicted octanol–water partition coefficient (Wildman–Crippen LogP) is 2.38. The molecule has 4 heteroatoms. The molecule has 0 radical (unpaired) electrons. The fourth-order valence-electron chi connectivity index (χ4n) is 1.25. The van der Waals surface area contributed by atoms with Gasteiger partial charge in [0.25, 0.3) is 0 Å². The summed E-state index contributed by atoms with van der Waals surface area (Å²) in [7, 11) is 0. The highest BCUT2D eigenvalue weighted by Crippen LogP contribution is 2.20. The largest absolute Gasteiger partial charge is 0.461 e. The highest BCUT2D eigenvalue weighted by atomic mass is 19.1. The first-order valence-corrected chi connectivity index (χ1v) is 3.97. The molecule has 0 amide bonds. The lowest BCUT2D eigenvalue weighted by Gasteiger charge is -2.01. The van der Waals surface area contributed by atoms with Gasteiger partial charge in [0.1, 0.15) is 5.82 Å². The summed E-state index contributed by atoms with van der Waals surface area (Å²) in [6, 6.07) is 2.11. The molecule has 2 nitrogen and oxygen atoms in total. The van der Waals surface area contributed by atoms with Gasteiger partial charge in [0.2, 0.25) is 0 Å².